The van der Waals surface area contributed by atoms with E-state index in [1.807, 2.05) is 0 Å². The summed E-state index contributed by atoms with van der Waals surface area (Å²) in [6.45, 7) is 0. The minimum Gasteiger partial charge on any atom is -0.345 e. The van der Waals surface area contributed by atoms with Crippen LogP contribution in [-0.4, -0.2) is 9.97 Å². The molecule has 0 spiro atoms. The molecule has 0 saturated heterocycles. The molecule has 0 aliphatic rings. The van der Waals surface area contributed by atoms with Gasteiger partial charge in [0.05, 0.1) is 17.4 Å². The highest BCUT2D eigenvalue weighted by Gasteiger charge is 2.17. The van der Waals surface area contributed by atoms with E-state index in [1.165, 1.54) is 6.33 Å². The first-order valence-electron chi connectivity index (χ1n) is 4.03. The molecule has 74 valence electrons. The van der Waals surface area contributed by atoms with Gasteiger partial charge in [-0.25, -0.2) is 13.8 Å². The van der Waals surface area contributed by atoms with Crippen molar-refractivity contribution < 1.29 is 8.78 Å². The largest absolute Gasteiger partial charge is 0.345 e. The van der Waals surface area contributed by atoms with Crippen LogP contribution in [0.25, 0.3) is 11.0 Å². The van der Waals surface area contributed by atoms with E-state index in [0.29, 0.717) is 21.9 Å². The van der Waals surface area contributed by atoms with Crippen molar-refractivity contribution in [3.8, 4) is 0 Å². The van der Waals surface area contributed by atoms with Crippen molar-refractivity contribution in [3.63, 3.8) is 0 Å². The van der Waals surface area contributed by atoms with Gasteiger partial charge in [0.1, 0.15) is 0 Å². The molecule has 1 N–H and O–H groups in total. The second kappa shape index (κ2) is 3.65. The van der Waals surface area contributed by atoms with Gasteiger partial charge in [0.25, 0.3) is 6.43 Å². The molecule has 0 saturated carbocycles. The standard InChI is InChI=1S/C9H7BrF2N2/c10-3-5-1-2-6-8(14-4-13-6)7(5)9(11)12/h1-2,4,9H,3H2,(H,13,14). The fraction of sp³-hybridized carbons (Fsp3) is 0.222. The molecule has 0 aliphatic heterocycles. The fourth-order valence-electron chi connectivity index (χ4n) is 1.43. The molecule has 0 atom stereocenters. The van der Waals surface area contributed by atoms with Crippen LogP contribution in [0.4, 0.5) is 8.78 Å². The molecule has 14 heavy (non-hydrogen) atoms. The SMILES string of the molecule is FC(F)c1c(CBr)ccc2[nH]cnc12. The number of imidazole rings is 1. The lowest BCUT2D eigenvalue weighted by atomic mass is 10.1. The maximum atomic E-state index is 12.7. The Balaban J connectivity index is 2.75. The fourth-order valence-corrected chi connectivity index (χ4v) is 1.92. The van der Waals surface area contributed by atoms with E-state index in [2.05, 4.69) is 25.9 Å². The molecule has 0 radical (unpaired) electrons. The number of nitrogens with zero attached hydrogens (tertiary/aromatic N) is 1. The summed E-state index contributed by atoms with van der Waals surface area (Å²) in [4.78, 5) is 6.70. The number of rotatable bonds is 2. The quantitative estimate of drug-likeness (QED) is 0.824. The van der Waals surface area contributed by atoms with Gasteiger partial charge in [-0.3, -0.25) is 0 Å². The van der Waals surface area contributed by atoms with Crippen molar-refractivity contribution >= 4 is 27.0 Å². The summed E-state index contributed by atoms with van der Waals surface area (Å²) in [7, 11) is 0. The molecule has 0 unspecified atom stereocenters. The summed E-state index contributed by atoms with van der Waals surface area (Å²) in [6, 6.07) is 3.43. The van der Waals surface area contributed by atoms with Gasteiger partial charge < -0.3 is 4.98 Å². The van der Waals surface area contributed by atoms with Gasteiger partial charge in [-0.05, 0) is 11.6 Å². The second-order valence-corrected chi connectivity index (χ2v) is 3.43. The van der Waals surface area contributed by atoms with Crippen molar-refractivity contribution in [3.05, 3.63) is 29.6 Å². The Morgan fingerprint density at radius 3 is 2.86 bits per heavy atom. The van der Waals surface area contributed by atoms with Crippen LogP contribution < -0.4 is 0 Å². The van der Waals surface area contributed by atoms with E-state index < -0.39 is 6.43 Å². The average Bonchev–Trinajstić information content (AvgIpc) is 2.62. The number of aromatic amines is 1. The van der Waals surface area contributed by atoms with E-state index in [9.17, 15) is 8.78 Å². The molecule has 2 rings (SSSR count). The molecule has 0 bridgehead atoms. The first kappa shape index (κ1) is 9.58. The molecule has 1 aromatic heterocycles. The summed E-state index contributed by atoms with van der Waals surface area (Å²) in [6.07, 6.45) is -1.07. The predicted molar refractivity (Wildman–Crippen MR) is 53.7 cm³/mol. The molecular formula is C9H7BrF2N2. The topological polar surface area (TPSA) is 28.7 Å². The first-order valence-corrected chi connectivity index (χ1v) is 5.15. The van der Waals surface area contributed by atoms with Gasteiger partial charge in [-0.15, -0.1) is 0 Å². The minimum absolute atomic E-state index is 0.0145. The highest BCUT2D eigenvalue weighted by atomic mass is 79.9. The zero-order valence-electron chi connectivity index (χ0n) is 7.10. The summed E-state index contributed by atoms with van der Waals surface area (Å²) in [5.74, 6) is 0. The Labute approximate surface area is 87.5 Å². The van der Waals surface area contributed by atoms with Crippen LogP contribution in [0.3, 0.4) is 0 Å². The molecule has 0 amide bonds. The van der Waals surface area contributed by atoms with E-state index in [0.717, 1.165) is 0 Å². The predicted octanol–water partition coefficient (Wildman–Crippen LogP) is 3.40. The van der Waals surface area contributed by atoms with E-state index >= 15 is 0 Å². The van der Waals surface area contributed by atoms with E-state index in [1.54, 1.807) is 12.1 Å². The van der Waals surface area contributed by atoms with E-state index in [-0.39, 0.29) is 5.56 Å². The van der Waals surface area contributed by atoms with Crippen LogP contribution in [-0.2, 0) is 5.33 Å². The van der Waals surface area contributed by atoms with Crippen LogP contribution in [0.5, 0.6) is 0 Å². The van der Waals surface area contributed by atoms with Crippen LogP contribution >= 0.6 is 15.9 Å². The normalized spacial score (nSPS) is 11.4. The van der Waals surface area contributed by atoms with Gasteiger partial charge in [0.15, 0.2) is 0 Å². The first-order chi connectivity index (χ1) is 6.74. The lowest BCUT2D eigenvalue weighted by Crippen LogP contribution is -1.93. The summed E-state index contributed by atoms with van der Waals surface area (Å²) >= 11 is 3.18. The van der Waals surface area contributed by atoms with Gasteiger partial charge in [0.2, 0.25) is 0 Å². The Hall–Kier alpha value is -0.970. The number of nitrogens with one attached hydrogen (secondary N) is 1. The van der Waals surface area contributed by atoms with Crippen molar-refractivity contribution in [2.24, 2.45) is 0 Å². The lowest BCUT2D eigenvalue weighted by molar-refractivity contribution is 0.152. The molecule has 0 aliphatic carbocycles. The van der Waals surface area contributed by atoms with Crippen LogP contribution in [0.2, 0.25) is 0 Å². The highest BCUT2D eigenvalue weighted by Crippen LogP contribution is 2.30. The molecule has 1 heterocycles. The number of benzene rings is 1. The van der Waals surface area contributed by atoms with Crippen molar-refractivity contribution in [1.29, 1.82) is 0 Å². The number of halogens is 3. The maximum Gasteiger partial charge on any atom is 0.266 e. The van der Waals surface area contributed by atoms with E-state index in [4.69, 9.17) is 0 Å². The minimum atomic E-state index is -2.49. The Morgan fingerprint density at radius 1 is 1.43 bits per heavy atom. The van der Waals surface area contributed by atoms with Crippen molar-refractivity contribution in [2.75, 3.05) is 0 Å². The summed E-state index contributed by atoms with van der Waals surface area (Å²) in [5.41, 5.74) is 1.60. The molecule has 1 aromatic carbocycles. The van der Waals surface area contributed by atoms with Gasteiger partial charge in [-0.1, -0.05) is 22.0 Å². The Kier molecular flexibility index (Phi) is 2.50. The highest BCUT2D eigenvalue weighted by molar-refractivity contribution is 9.08. The zero-order valence-corrected chi connectivity index (χ0v) is 8.68. The maximum absolute atomic E-state index is 12.7. The molecular weight excluding hydrogens is 254 g/mol. The van der Waals surface area contributed by atoms with Gasteiger partial charge >= 0.3 is 0 Å². The Morgan fingerprint density at radius 2 is 2.21 bits per heavy atom. The monoisotopic (exact) mass is 260 g/mol. The lowest BCUT2D eigenvalue weighted by Gasteiger charge is -2.06. The van der Waals surface area contributed by atoms with Crippen LogP contribution in [0.15, 0.2) is 18.5 Å². The number of hydrogen-bond acceptors (Lipinski definition) is 1. The van der Waals surface area contributed by atoms with Crippen molar-refractivity contribution in [1.82, 2.24) is 9.97 Å². The summed E-state index contributed by atoms with van der Waals surface area (Å²) < 4.78 is 25.5. The zero-order chi connectivity index (χ0) is 10.1. The summed E-state index contributed by atoms with van der Waals surface area (Å²) in [5, 5.41) is 0.412. The average molecular weight is 261 g/mol. The van der Waals surface area contributed by atoms with Gasteiger partial charge in [-0.2, -0.15) is 0 Å². The third kappa shape index (κ3) is 1.41. The number of alkyl halides is 3. The molecule has 2 nitrogen and oxygen atoms in total. The smallest absolute Gasteiger partial charge is 0.266 e. The third-order valence-corrected chi connectivity index (χ3v) is 2.69. The van der Waals surface area contributed by atoms with Crippen LogP contribution in [0.1, 0.15) is 17.6 Å². The second-order valence-electron chi connectivity index (χ2n) is 2.87. The number of hydrogen-bond donors (Lipinski definition) is 1. The van der Waals surface area contributed by atoms with Crippen LogP contribution in [0, 0.1) is 0 Å². The van der Waals surface area contributed by atoms with Crippen molar-refractivity contribution in [2.45, 2.75) is 11.8 Å². The van der Waals surface area contributed by atoms with Gasteiger partial charge in [0, 0.05) is 10.9 Å². The molecule has 2 aromatic rings. The number of H-pyrrole nitrogens is 1. The number of fused-ring (bicyclic) bond motifs is 1. The Bertz CT molecular complexity index is 453. The molecule has 5 heteroatoms. The molecule has 0 fully saturated rings. The number of aromatic nitrogens is 2. The third-order valence-electron chi connectivity index (χ3n) is 2.08.